The van der Waals surface area contributed by atoms with E-state index < -0.39 is 7.82 Å². The van der Waals surface area contributed by atoms with Crippen LogP contribution in [0.5, 0.6) is 11.5 Å². The molecule has 172 valence electrons. The molecule has 0 aromatic heterocycles. The third-order valence-electron chi connectivity index (χ3n) is 4.81. The fourth-order valence-corrected chi connectivity index (χ4v) is 4.15. The van der Waals surface area contributed by atoms with Crippen molar-refractivity contribution in [3.63, 3.8) is 0 Å². The molecule has 0 amide bonds. The Bertz CT molecular complexity index is 1340. The summed E-state index contributed by atoms with van der Waals surface area (Å²) in [5.74, 6) is 0.0987. The standard InChI is InChI=1S/C27H20ClO5P.Na.H/c28-23-15-11-20(12-16-23)19-26(21-7-3-1-4-8-21)27(29)22-13-17-25(18-14-22)33-34(30,31)32-24-9-5-2-6-10-24;;/h1-19H,(H,30,31);;. The molecule has 0 aliphatic heterocycles. The molecule has 0 radical (unpaired) electrons. The molecule has 1 unspecified atom stereocenters. The predicted octanol–water partition coefficient (Wildman–Crippen LogP) is 6.67. The van der Waals surface area contributed by atoms with E-state index in [9.17, 15) is 14.3 Å². The fraction of sp³-hybridized carbons (Fsp3) is 0. The van der Waals surface area contributed by atoms with Crippen LogP contribution in [0.3, 0.4) is 0 Å². The van der Waals surface area contributed by atoms with Gasteiger partial charge in [-0.1, -0.05) is 72.3 Å². The van der Waals surface area contributed by atoms with Crippen molar-refractivity contribution in [3.8, 4) is 11.5 Å². The average Bonchev–Trinajstić information content (AvgIpc) is 2.84. The molecule has 4 aromatic carbocycles. The summed E-state index contributed by atoms with van der Waals surface area (Å²) in [5.41, 5.74) is 2.49. The first-order valence-electron chi connectivity index (χ1n) is 10.3. The Morgan fingerprint density at radius 1 is 0.714 bits per heavy atom. The second kappa shape index (κ2) is 12.4. The van der Waals surface area contributed by atoms with E-state index in [1.165, 1.54) is 12.1 Å². The van der Waals surface area contributed by atoms with Crippen LogP contribution in [0, 0.1) is 0 Å². The second-order valence-corrected chi connectivity index (χ2v) is 9.03. The van der Waals surface area contributed by atoms with Crippen LogP contribution in [0.2, 0.25) is 5.02 Å². The van der Waals surface area contributed by atoms with Gasteiger partial charge in [0.2, 0.25) is 0 Å². The first kappa shape index (κ1) is 27.0. The summed E-state index contributed by atoms with van der Waals surface area (Å²) in [7, 11) is -4.40. The first-order valence-corrected chi connectivity index (χ1v) is 12.2. The van der Waals surface area contributed by atoms with Crippen molar-refractivity contribution in [1.29, 1.82) is 0 Å². The van der Waals surface area contributed by atoms with E-state index in [0.29, 0.717) is 16.2 Å². The van der Waals surface area contributed by atoms with Gasteiger partial charge in [0.1, 0.15) is 11.5 Å². The summed E-state index contributed by atoms with van der Waals surface area (Å²) in [5, 5.41) is 0.609. The first-order chi connectivity index (χ1) is 16.4. The third kappa shape index (κ3) is 7.68. The number of benzene rings is 4. The van der Waals surface area contributed by atoms with Crippen LogP contribution in [0.4, 0.5) is 0 Å². The number of para-hydroxylation sites is 1. The molecule has 0 aliphatic carbocycles. The van der Waals surface area contributed by atoms with Gasteiger partial charge in [-0.3, -0.25) is 9.69 Å². The Kier molecular flexibility index (Phi) is 9.53. The zero-order valence-corrected chi connectivity index (χ0v) is 19.5. The Hall–Kier alpha value is -2.63. The van der Waals surface area contributed by atoms with Gasteiger partial charge in [-0.2, -0.15) is 0 Å². The molecule has 1 atom stereocenters. The Morgan fingerprint density at radius 3 is 1.80 bits per heavy atom. The quantitative estimate of drug-likeness (QED) is 0.0934. The molecule has 5 nitrogen and oxygen atoms in total. The van der Waals surface area contributed by atoms with E-state index in [1.807, 2.05) is 42.5 Å². The fourth-order valence-electron chi connectivity index (χ4n) is 3.21. The Morgan fingerprint density at radius 2 is 1.23 bits per heavy atom. The molecule has 0 heterocycles. The van der Waals surface area contributed by atoms with E-state index in [0.717, 1.165) is 11.1 Å². The topological polar surface area (TPSA) is 72.8 Å². The van der Waals surface area contributed by atoms with E-state index in [2.05, 4.69) is 0 Å². The summed E-state index contributed by atoms with van der Waals surface area (Å²) >= 11 is 5.98. The molecule has 35 heavy (non-hydrogen) atoms. The molecule has 4 aromatic rings. The van der Waals surface area contributed by atoms with Crippen LogP contribution < -0.4 is 9.05 Å². The van der Waals surface area contributed by atoms with Crippen molar-refractivity contribution >= 4 is 66.4 Å². The number of phosphoric acid groups is 1. The van der Waals surface area contributed by atoms with Crippen molar-refractivity contribution < 1.29 is 23.3 Å². The minimum atomic E-state index is -4.40. The van der Waals surface area contributed by atoms with Crippen molar-refractivity contribution in [3.05, 3.63) is 131 Å². The van der Waals surface area contributed by atoms with Crippen molar-refractivity contribution in [2.24, 2.45) is 0 Å². The van der Waals surface area contributed by atoms with Crippen LogP contribution >= 0.6 is 19.4 Å². The number of Topliss-reactive ketones (excluding diaryl/α,β-unsaturated/α-hetero) is 1. The number of phosphoric ester groups is 1. The zero-order chi connectivity index (χ0) is 24.0. The summed E-state index contributed by atoms with van der Waals surface area (Å²) in [6.45, 7) is 0. The number of carbonyl (C=O) groups is 1. The van der Waals surface area contributed by atoms with E-state index in [1.54, 1.807) is 60.7 Å². The van der Waals surface area contributed by atoms with Crippen molar-refractivity contribution in [2.75, 3.05) is 0 Å². The van der Waals surface area contributed by atoms with Crippen LogP contribution in [-0.4, -0.2) is 40.2 Å². The van der Waals surface area contributed by atoms with Gasteiger partial charge in [0.25, 0.3) is 0 Å². The van der Waals surface area contributed by atoms with Crippen molar-refractivity contribution in [2.45, 2.75) is 0 Å². The van der Waals surface area contributed by atoms with Gasteiger partial charge >= 0.3 is 37.4 Å². The van der Waals surface area contributed by atoms with Gasteiger partial charge in [-0.05, 0) is 65.7 Å². The minimum absolute atomic E-state index is 0. The molecule has 0 saturated carbocycles. The van der Waals surface area contributed by atoms with Gasteiger partial charge in [-0.25, -0.2) is 4.57 Å². The SMILES string of the molecule is O=C(C(=Cc1ccc(Cl)cc1)c1ccccc1)c1ccc(OP(=O)(O)Oc2ccccc2)cc1.[NaH]. The molecule has 8 heteroatoms. The molecule has 0 fully saturated rings. The van der Waals surface area contributed by atoms with E-state index >= 15 is 0 Å². The molecular weight excluding hydrogens is 494 g/mol. The number of carbonyl (C=O) groups excluding carboxylic acids is 1. The summed E-state index contributed by atoms with van der Waals surface area (Å²) in [4.78, 5) is 23.4. The molecule has 1 N–H and O–H groups in total. The molecule has 4 rings (SSSR count). The maximum atomic E-state index is 13.4. The summed E-state index contributed by atoms with van der Waals surface area (Å²) < 4.78 is 22.5. The number of hydrogen-bond donors (Lipinski definition) is 1. The molecule has 0 aliphatic rings. The Balaban J connectivity index is 0.00000342. The zero-order valence-electron chi connectivity index (χ0n) is 17.9. The second-order valence-electron chi connectivity index (χ2n) is 7.29. The average molecular weight is 515 g/mol. The molecule has 0 bridgehead atoms. The molecule has 0 saturated heterocycles. The number of halogens is 1. The van der Waals surface area contributed by atoms with Crippen LogP contribution in [0.1, 0.15) is 21.5 Å². The van der Waals surface area contributed by atoms with Crippen LogP contribution in [-0.2, 0) is 4.57 Å². The Labute approximate surface area is 230 Å². The number of ketones is 1. The molecule has 0 spiro atoms. The monoisotopic (exact) mass is 514 g/mol. The van der Waals surface area contributed by atoms with Gasteiger partial charge in [-0.15, -0.1) is 0 Å². The number of hydrogen-bond acceptors (Lipinski definition) is 4. The maximum absolute atomic E-state index is 13.4. The van der Waals surface area contributed by atoms with E-state index in [4.69, 9.17) is 20.6 Å². The third-order valence-corrected chi connectivity index (χ3v) is 5.95. The van der Waals surface area contributed by atoms with Crippen molar-refractivity contribution in [1.82, 2.24) is 0 Å². The van der Waals surface area contributed by atoms with Gasteiger partial charge in [0, 0.05) is 16.2 Å². The summed E-state index contributed by atoms with van der Waals surface area (Å²) in [6, 6.07) is 30.7. The van der Waals surface area contributed by atoms with E-state index in [-0.39, 0.29) is 46.8 Å². The van der Waals surface area contributed by atoms with Gasteiger partial charge in [0.05, 0.1) is 0 Å². The number of rotatable bonds is 8. The van der Waals surface area contributed by atoms with Crippen LogP contribution in [0.25, 0.3) is 11.6 Å². The summed E-state index contributed by atoms with van der Waals surface area (Å²) in [6.07, 6.45) is 1.80. The predicted molar refractivity (Wildman–Crippen MR) is 141 cm³/mol. The van der Waals surface area contributed by atoms with Gasteiger partial charge in [0.15, 0.2) is 5.78 Å². The van der Waals surface area contributed by atoms with Crippen LogP contribution in [0.15, 0.2) is 109 Å². The number of allylic oxidation sites excluding steroid dienone is 1. The molecular formula is C27H21ClNaO5P. The normalized spacial score (nSPS) is 12.7. The van der Waals surface area contributed by atoms with Gasteiger partial charge < -0.3 is 9.05 Å².